The van der Waals surface area contributed by atoms with Gasteiger partial charge in [0.15, 0.2) is 11.5 Å². The van der Waals surface area contributed by atoms with E-state index in [0.29, 0.717) is 120 Å². The maximum atomic E-state index is 13.3. The smallest absolute Gasteiger partial charge is 0.255 e. The van der Waals surface area contributed by atoms with Crippen LogP contribution >= 0.6 is 0 Å². The number of nitrogens with zero attached hydrogens (tertiary/aromatic N) is 15. The third-order valence-electron chi connectivity index (χ3n) is 16.6. The van der Waals surface area contributed by atoms with Gasteiger partial charge in [0.1, 0.15) is 47.4 Å². The van der Waals surface area contributed by atoms with Gasteiger partial charge in [-0.25, -0.2) is 49.2 Å². The molecule has 0 saturated heterocycles. The minimum Gasteiger partial charge on any atom is -0.497 e. The standard InChI is InChI=1S/C23H25N5O4.C23H27N5O3.C22H24FN5O2/c1-22(2)10-27(12-23(3,30)15-4-5-18-19(8-15)32-14-31-18)21-26-17(9-20(29)28(21)11-22)16-6-7-24-13-25-16;1-22(2)12-27(14-23(3,30)16-6-5-7-17(10-16)31-4)21-26-19(11-20(29)28(21)13-22)18-8-9-24-15-25-18;1-21(2)11-27(13-22(3,30)15-4-6-16(23)7-5-15)20-26-18(10-19(29)28(20)12-21)17-8-9-24-14-25-17/h4-9,13,30H,10-12,14H2,1-3H3;5-11,15,30H,12-14H2,1-4H3;4-10,14,30H,11-13H2,1-3H3. The number of halogens is 1. The second-order valence-electron chi connectivity index (χ2n) is 27.1. The molecular weight excluding hydrogens is 1190 g/mol. The predicted octanol–water partition coefficient (Wildman–Crippen LogP) is 7.24. The molecule has 0 fully saturated rings. The molecule has 24 nitrogen and oxygen atoms in total. The van der Waals surface area contributed by atoms with Crippen LogP contribution in [0, 0.1) is 22.1 Å². The molecule has 93 heavy (non-hydrogen) atoms. The number of anilines is 3. The van der Waals surface area contributed by atoms with Gasteiger partial charge >= 0.3 is 0 Å². The lowest BCUT2D eigenvalue weighted by atomic mass is 9.89. The second kappa shape index (κ2) is 25.3. The fourth-order valence-electron chi connectivity index (χ4n) is 12.3. The first kappa shape index (κ1) is 64.7. The van der Waals surface area contributed by atoms with Crippen LogP contribution in [0.1, 0.15) is 79.0 Å². The average Bonchev–Trinajstić information content (AvgIpc) is 1.02. The van der Waals surface area contributed by atoms with Gasteiger partial charge in [0.25, 0.3) is 16.7 Å². The van der Waals surface area contributed by atoms with Gasteiger partial charge in [-0.3, -0.25) is 28.1 Å². The maximum Gasteiger partial charge on any atom is 0.255 e. The summed E-state index contributed by atoms with van der Waals surface area (Å²) in [5.74, 6) is 3.13. The van der Waals surface area contributed by atoms with Crippen molar-refractivity contribution in [3.8, 4) is 51.4 Å². The molecule has 0 radical (unpaired) electrons. The quantitative estimate of drug-likeness (QED) is 0.103. The van der Waals surface area contributed by atoms with Crippen LogP contribution in [0.4, 0.5) is 22.2 Å². The highest BCUT2D eigenvalue weighted by atomic mass is 19.1. The SMILES string of the molecule is CC1(C)CN(CC(C)(O)c2ccc(F)cc2)c2nc(-c3ccncn3)cc(=O)n2C1.CC1(C)CN(CC(C)(O)c2ccc3c(c2)OCO3)c2nc(-c3ccncn3)cc(=O)n2C1.COc1cccc(C(C)(O)CN2CC(C)(C)Cn3c2nc(-c2ccncn2)cc3=O)c1. The number of hydrogen-bond donors (Lipinski definition) is 3. The van der Waals surface area contributed by atoms with Crippen molar-refractivity contribution in [2.24, 2.45) is 16.2 Å². The molecule has 0 amide bonds. The van der Waals surface area contributed by atoms with Crippen molar-refractivity contribution in [3.63, 3.8) is 0 Å². The van der Waals surface area contributed by atoms with Crippen LogP contribution in [0.5, 0.6) is 17.2 Å². The van der Waals surface area contributed by atoms with Crippen molar-refractivity contribution in [3.05, 3.63) is 194 Å². The fourth-order valence-corrected chi connectivity index (χ4v) is 12.3. The minimum atomic E-state index is -1.27. The molecule has 3 unspecified atom stereocenters. The van der Waals surface area contributed by atoms with Crippen molar-refractivity contribution in [2.45, 2.75) is 98.8 Å². The van der Waals surface area contributed by atoms with E-state index in [1.807, 2.05) is 45.0 Å². The summed E-state index contributed by atoms with van der Waals surface area (Å²) in [5.41, 5.74) is 0.483. The van der Waals surface area contributed by atoms with Gasteiger partial charge in [0.05, 0.1) is 60.9 Å². The van der Waals surface area contributed by atoms with Gasteiger partial charge < -0.3 is 44.2 Å². The topological polar surface area (TPSA) is 280 Å². The summed E-state index contributed by atoms with van der Waals surface area (Å²) < 4.78 is 34.5. The fraction of sp³-hybridized carbons (Fsp3) is 0.382. The number of ether oxygens (including phenoxy) is 3. The zero-order valence-corrected chi connectivity index (χ0v) is 53.7. The van der Waals surface area contributed by atoms with E-state index in [-0.39, 0.29) is 65.2 Å². The average molecular weight is 1270 g/mol. The summed E-state index contributed by atoms with van der Waals surface area (Å²) in [4.78, 5) is 83.5. The molecule has 0 bridgehead atoms. The second-order valence-corrected chi connectivity index (χ2v) is 27.1. The molecule has 6 aromatic heterocycles. The summed E-state index contributed by atoms with van der Waals surface area (Å²) in [7, 11) is 1.60. The highest BCUT2D eigenvalue weighted by Crippen LogP contribution is 2.40. The van der Waals surface area contributed by atoms with Gasteiger partial charge in [-0.05, 0) is 92.1 Å². The molecule has 484 valence electrons. The van der Waals surface area contributed by atoms with Gasteiger partial charge in [-0.15, -0.1) is 0 Å². The highest BCUT2D eigenvalue weighted by molar-refractivity contribution is 5.58. The molecule has 3 aromatic carbocycles. The molecular formula is C68H76FN15O9. The number of benzene rings is 3. The molecule has 0 aliphatic carbocycles. The van der Waals surface area contributed by atoms with Crippen LogP contribution < -0.4 is 45.6 Å². The Hall–Kier alpha value is -9.85. The Kier molecular flexibility index (Phi) is 17.6. The Morgan fingerprint density at radius 2 is 0.849 bits per heavy atom. The molecule has 4 aliphatic rings. The number of rotatable bonds is 13. The number of hydrogen-bond acceptors (Lipinski definition) is 21. The normalized spacial score (nSPS) is 17.5. The van der Waals surface area contributed by atoms with Crippen LogP contribution in [-0.4, -0.2) is 127 Å². The summed E-state index contributed by atoms with van der Waals surface area (Å²) in [6.07, 6.45) is 9.11. The Bertz CT molecular complexity index is 4360. The van der Waals surface area contributed by atoms with E-state index in [1.165, 1.54) is 49.3 Å². The zero-order valence-electron chi connectivity index (χ0n) is 53.7. The number of fused-ring (bicyclic) bond motifs is 4. The molecule has 3 N–H and O–H groups in total. The van der Waals surface area contributed by atoms with Crippen LogP contribution in [-0.2, 0) is 36.4 Å². The number of aliphatic hydroxyl groups is 3. The van der Waals surface area contributed by atoms with Crippen LogP contribution in [0.15, 0.2) is 155 Å². The lowest BCUT2D eigenvalue weighted by Crippen LogP contribution is -2.51. The maximum absolute atomic E-state index is 13.3. The first-order valence-electron chi connectivity index (χ1n) is 30.4. The van der Waals surface area contributed by atoms with E-state index in [4.69, 9.17) is 29.2 Å². The largest absolute Gasteiger partial charge is 0.497 e. The van der Waals surface area contributed by atoms with E-state index in [1.54, 1.807) is 103 Å². The molecule has 3 atom stereocenters. The number of β-amino-alcohol motifs (C(OH)–C–C–N with tert-alkyl or cyclic N) is 3. The Labute approximate surface area is 536 Å². The molecule has 0 saturated carbocycles. The van der Waals surface area contributed by atoms with E-state index < -0.39 is 16.8 Å². The molecule has 10 heterocycles. The van der Waals surface area contributed by atoms with Gasteiger partial charge in [0.2, 0.25) is 24.6 Å². The monoisotopic (exact) mass is 1270 g/mol. The lowest BCUT2D eigenvalue weighted by Gasteiger charge is -2.43. The Morgan fingerprint density at radius 3 is 1.24 bits per heavy atom. The third kappa shape index (κ3) is 14.6. The van der Waals surface area contributed by atoms with E-state index in [9.17, 15) is 34.1 Å². The van der Waals surface area contributed by atoms with E-state index in [0.717, 1.165) is 5.56 Å². The van der Waals surface area contributed by atoms with E-state index >= 15 is 0 Å². The van der Waals surface area contributed by atoms with Crippen molar-refractivity contribution in [2.75, 3.05) is 67.9 Å². The number of methoxy groups -OCH3 is 1. The number of aromatic nitrogens is 12. The van der Waals surface area contributed by atoms with Crippen LogP contribution in [0.3, 0.4) is 0 Å². The summed E-state index contributed by atoms with van der Waals surface area (Å²) in [5, 5.41) is 34.0. The van der Waals surface area contributed by atoms with Gasteiger partial charge in [-0.1, -0.05) is 71.9 Å². The van der Waals surface area contributed by atoms with Crippen molar-refractivity contribution < 1.29 is 33.9 Å². The zero-order chi connectivity index (χ0) is 66.3. The van der Waals surface area contributed by atoms with Crippen molar-refractivity contribution in [1.29, 1.82) is 0 Å². The van der Waals surface area contributed by atoms with Crippen molar-refractivity contribution in [1.82, 2.24) is 58.6 Å². The summed E-state index contributed by atoms with van der Waals surface area (Å²) >= 11 is 0. The highest BCUT2D eigenvalue weighted by Gasteiger charge is 2.40. The first-order valence-corrected chi connectivity index (χ1v) is 30.4. The van der Waals surface area contributed by atoms with Crippen LogP contribution in [0.25, 0.3) is 34.2 Å². The molecule has 25 heteroatoms. The summed E-state index contributed by atoms with van der Waals surface area (Å²) in [6.45, 7) is 22.1. The van der Waals surface area contributed by atoms with Crippen molar-refractivity contribution >= 4 is 17.8 Å². The lowest BCUT2D eigenvalue weighted by molar-refractivity contribution is 0.0592. The Morgan fingerprint density at radius 1 is 0.473 bits per heavy atom. The van der Waals surface area contributed by atoms with Gasteiger partial charge in [-0.2, -0.15) is 0 Å². The van der Waals surface area contributed by atoms with Crippen LogP contribution in [0.2, 0.25) is 0 Å². The third-order valence-corrected chi connectivity index (χ3v) is 16.6. The summed E-state index contributed by atoms with van der Waals surface area (Å²) in [6, 6.07) is 28.3. The predicted molar refractivity (Wildman–Crippen MR) is 347 cm³/mol. The first-order chi connectivity index (χ1) is 44.0. The molecule has 9 aromatic rings. The van der Waals surface area contributed by atoms with E-state index in [2.05, 4.69) is 71.4 Å². The minimum absolute atomic E-state index is 0.141. The molecule has 4 aliphatic heterocycles. The van der Waals surface area contributed by atoms with Gasteiger partial charge in [0, 0.05) is 92.3 Å². The Balaban J connectivity index is 0.000000143. The molecule has 0 spiro atoms. The molecule has 13 rings (SSSR count).